The van der Waals surface area contributed by atoms with Crippen molar-refractivity contribution in [2.24, 2.45) is 5.92 Å². The van der Waals surface area contributed by atoms with E-state index < -0.39 is 34.7 Å². The van der Waals surface area contributed by atoms with E-state index in [1.54, 1.807) is 49.1 Å². The Morgan fingerprint density at radius 3 is 2.38 bits per heavy atom. The molecule has 2 heterocycles. The lowest BCUT2D eigenvalue weighted by Gasteiger charge is -2.40. The molecule has 1 atom stereocenters. The van der Waals surface area contributed by atoms with Gasteiger partial charge >= 0.3 is 6.18 Å². The zero-order chi connectivity index (χ0) is 28.4. The summed E-state index contributed by atoms with van der Waals surface area (Å²) in [5, 5.41) is 27.1. The first-order valence-corrected chi connectivity index (χ1v) is 12.3. The molecule has 1 aliphatic rings. The molecule has 204 valence electrons. The summed E-state index contributed by atoms with van der Waals surface area (Å²) in [6, 6.07) is 13.2. The van der Waals surface area contributed by atoms with Crippen molar-refractivity contribution in [1.29, 1.82) is 5.26 Å². The van der Waals surface area contributed by atoms with Crippen LogP contribution in [0.3, 0.4) is 0 Å². The van der Waals surface area contributed by atoms with Crippen molar-refractivity contribution in [3.05, 3.63) is 82.2 Å². The molecule has 39 heavy (non-hydrogen) atoms. The number of nitriles is 1. The molecule has 1 saturated heterocycles. The molecule has 0 radical (unpaired) electrons. The number of nitrogens with zero attached hydrogens (tertiary/aromatic N) is 3. The van der Waals surface area contributed by atoms with Gasteiger partial charge < -0.3 is 19.8 Å². The molecule has 2 aromatic carbocycles. The Bertz CT molecular complexity index is 1390. The number of carbonyl (C=O) groups excluding carboxylic acids is 2. The standard InChI is InChI=1S/C28H27F3N4O4/c1-17-24(18(2)39-34-17)25(36)35-12-10-21(11-13-35)27(38,15-19-6-4-3-5-7-19)26(37)33-22-9-8-20(16-32)23(14-22)28(29,30)31/h3-9,14,21,38H,10-13,15H2,1-2H3,(H,33,37). The summed E-state index contributed by atoms with van der Waals surface area (Å²) in [5.41, 5.74) is -2.40. The summed E-state index contributed by atoms with van der Waals surface area (Å²) >= 11 is 0. The number of aromatic nitrogens is 1. The van der Waals surface area contributed by atoms with Crippen LogP contribution < -0.4 is 5.32 Å². The first-order chi connectivity index (χ1) is 18.4. The fourth-order valence-electron chi connectivity index (χ4n) is 5.02. The number of aliphatic hydroxyl groups is 1. The van der Waals surface area contributed by atoms with Gasteiger partial charge in [-0.25, -0.2) is 0 Å². The smallest absolute Gasteiger partial charge is 0.379 e. The number of hydrogen-bond acceptors (Lipinski definition) is 6. The zero-order valence-corrected chi connectivity index (χ0v) is 21.4. The fourth-order valence-corrected chi connectivity index (χ4v) is 5.02. The third kappa shape index (κ3) is 5.81. The second-order valence-corrected chi connectivity index (χ2v) is 9.68. The van der Waals surface area contributed by atoms with Crippen molar-refractivity contribution in [1.82, 2.24) is 10.1 Å². The predicted molar refractivity (Wildman–Crippen MR) is 134 cm³/mol. The molecule has 2 amide bonds. The number of aryl methyl sites for hydroxylation is 2. The Labute approximate surface area is 223 Å². The lowest BCUT2D eigenvalue weighted by atomic mass is 9.76. The van der Waals surface area contributed by atoms with Gasteiger partial charge in [-0.15, -0.1) is 0 Å². The number of alkyl halides is 3. The van der Waals surface area contributed by atoms with E-state index >= 15 is 0 Å². The van der Waals surface area contributed by atoms with Gasteiger partial charge in [-0.1, -0.05) is 35.5 Å². The number of amides is 2. The highest BCUT2D eigenvalue weighted by Gasteiger charge is 2.46. The summed E-state index contributed by atoms with van der Waals surface area (Å²) in [6.07, 6.45) is -4.31. The topological polar surface area (TPSA) is 119 Å². The number of rotatable bonds is 6. The van der Waals surface area contributed by atoms with E-state index in [1.807, 2.05) is 0 Å². The van der Waals surface area contributed by atoms with Crippen LogP contribution in [0.15, 0.2) is 53.1 Å². The zero-order valence-electron chi connectivity index (χ0n) is 21.4. The van der Waals surface area contributed by atoms with Gasteiger partial charge in [-0.05, 0) is 50.5 Å². The first-order valence-electron chi connectivity index (χ1n) is 12.3. The molecule has 1 fully saturated rings. The largest absolute Gasteiger partial charge is 0.417 e. The summed E-state index contributed by atoms with van der Waals surface area (Å²) in [6.45, 7) is 3.84. The van der Waals surface area contributed by atoms with Gasteiger partial charge in [0.1, 0.15) is 16.9 Å². The highest BCUT2D eigenvalue weighted by atomic mass is 19.4. The van der Waals surface area contributed by atoms with Gasteiger partial charge in [0.25, 0.3) is 11.8 Å². The van der Waals surface area contributed by atoms with Crippen LogP contribution in [0.4, 0.5) is 18.9 Å². The summed E-state index contributed by atoms with van der Waals surface area (Å²) in [4.78, 5) is 28.2. The van der Waals surface area contributed by atoms with Gasteiger partial charge in [-0.2, -0.15) is 18.4 Å². The summed E-state index contributed by atoms with van der Waals surface area (Å²) in [7, 11) is 0. The van der Waals surface area contributed by atoms with E-state index in [4.69, 9.17) is 9.78 Å². The first kappa shape index (κ1) is 27.9. The molecule has 0 bridgehead atoms. The molecule has 0 spiro atoms. The van der Waals surface area contributed by atoms with Gasteiger partial charge in [0.2, 0.25) is 0 Å². The van der Waals surface area contributed by atoms with E-state index in [9.17, 15) is 27.9 Å². The lowest BCUT2D eigenvalue weighted by Crippen LogP contribution is -2.54. The number of carbonyl (C=O) groups is 2. The Kier molecular flexibility index (Phi) is 7.79. The maximum absolute atomic E-state index is 13.5. The molecule has 8 nitrogen and oxygen atoms in total. The number of likely N-dealkylation sites (tertiary alicyclic amines) is 1. The molecule has 1 unspecified atom stereocenters. The summed E-state index contributed by atoms with van der Waals surface area (Å²) in [5.74, 6) is -1.30. The average Bonchev–Trinajstić information content (AvgIpc) is 3.25. The number of anilines is 1. The van der Waals surface area contributed by atoms with Gasteiger partial charge in [0.05, 0.1) is 22.9 Å². The molecule has 3 aromatic rings. The van der Waals surface area contributed by atoms with E-state index in [2.05, 4.69) is 10.5 Å². The highest BCUT2D eigenvalue weighted by Crippen LogP contribution is 2.36. The van der Waals surface area contributed by atoms with Gasteiger partial charge in [-0.3, -0.25) is 9.59 Å². The molecule has 11 heteroatoms. The second-order valence-electron chi connectivity index (χ2n) is 9.68. The lowest BCUT2D eigenvalue weighted by molar-refractivity contribution is -0.142. The van der Waals surface area contributed by atoms with Crippen molar-refractivity contribution in [3.63, 3.8) is 0 Å². The molecular formula is C28H27F3N4O4. The highest BCUT2D eigenvalue weighted by molar-refractivity contribution is 5.98. The van der Waals surface area contributed by atoms with Crippen LogP contribution in [-0.4, -0.2) is 45.7 Å². The minimum Gasteiger partial charge on any atom is -0.379 e. The van der Waals surface area contributed by atoms with Gasteiger partial charge in [0.15, 0.2) is 0 Å². The van der Waals surface area contributed by atoms with Crippen molar-refractivity contribution in [2.45, 2.75) is 44.9 Å². The number of benzene rings is 2. The van der Waals surface area contributed by atoms with Crippen molar-refractivity contribution < 1.29 is 32.4 Å². The van der Waals surface area contributed by atoms with Crippen LogP contribution in [0.25, 0.3) is 0 Å². The molecule has 4 rings (SSSR count). The van der Waals surface area contributed by atoms with Crippen molar-refractivity contribution in [2.75, 3.05) is 18.4 Å². The Morgan fingerprint density at radius 2 is 1.82 bits per heavy atom. The van der Waals surface area contributed by atoms with Crippen molar-refractivity contribution >= 4 is 17.5 Å². The third-order valence-corrected chi connectivity index (χ3v) is 7.12. The van der Waals surface area contributed by atoms with Crippen LogP contribution in [0.1, 0.15) is 51.3 Å². The monoisotopic (exact) mass is 540 g/mol. The van der Waals surface area contributed by atoms with Crippen LogP contribution in [-0.2, 0) is 17.4 Å². The van der Waals surface area contributed by atoms with E-state index in [0.29, 0.717) is 28.6 Å². The molecule has 1 aliphatic heterocycles. The summed E-state index contributed by atoms with van der Waals surface area (Å²) < 4.78 is 45.5. The fraction of sp³-hybridized carbons (Fsp3) is 0.357. The Hall–Kier alpha value is -4.17. The molecule has 1 aromatic heterocycles. The Balaban J connectivity index is 1.58. The van der Waals surface area contributed by atoms with Crippen LogP contribution in [0, 0.1) is 31.1 Å². The maximum Gasteiger partial charge on any atom is 0.417 e. The maximum atomic E-state index is 13.5. The number of piperidine rings is 1. The van der Waals surface area contributed by atoms with E-state index in [0.717, 1.165) is 6.07 Å². The molecule has 2 N–H and O–H groups in total. The molecular weight excluding hydrogens is 513 g/mol. The number of hydrogen-bond donors (Lipinski definition) is 2. The Morgan fingerprint density at radius 1 is 1.15 bits per heavy atom. The normalized spacial score (nSPS) is 15.9. The number of halogens is 3. The third-order valence-electron chi connectivity index (χ3n) is 7.12. The quantitative estimate of drug-likeness (QED) is 0.470. The van der Waals surface area contributed by atoms with E-state index in [1.165, 1.54) is 12.1 Å². The predicted octanol–water partition coefficient (Wildman–Crippen LogP) is 4.65. The van der Waals surface area contributed by atoms with Crippen LogP contribution in [0.5, 0.6) is 0 Å². The average molecular weight is 541 g/mol. The molecule has 0 saturated carbocycles. The number of nitrogens with one attached hydrogen (secondary N) is 1. The van der Waals surface area contributed by atoms with Crippen LogP contribution >= 0.6 is 0 Å². The minimum atomic E-state index is -4.80. The van der Waals surface area contributed by atoms with Crippen LogP contribution in [0.2, 0.25) is 0 Å². The van der Waals surface area contributed by atoms with E-state index in [-0.39, 0.29) is 43.9 Å². The minimum absolute atomic E-state index is 0.0788. The second kappa shape index (κ2) is 10.9. The van der Waals surface area contributed by atoms with Crippen molar-refractivity contribution in [3.8, 4) is 6.07 Å². The molecule has 0 aliphatic carbocycles. The SMILES string of the molecule is Cc1noc(C)c1C(=O)N1CCC(C(O)(Cc2ccccc2)C(=O)Nc2ccc(C#N)c(C(F)(F)F)c2)CC1. The van der Waals surface area contributed by atoms with Gasteiger partial charge in [0, 0.05) is 31.1 Å².